The largest absolute Gasteiger partial charge is 0.481 e. The van der Waals surface area contributed by atoms with Crippen LogP contribution in [0.4, 0.5) is 0 Å². The van der Waals surface area contributed by atoms with Crippen LogP contribution < -0.4 is 21.7 Å². The molecule has 0 rings (SSSR count). The van der Waals surface area contributed by atoms with Crippen molar-refractivity contribution in [3.05, 3.63) is 0 Å². The zero-order valence-electron chi connectivity index (χ0n) is 17.3. The molecular formula is C17H28N4O9S2. The number of hydrogen-bond donors (Lipinski definition) is 8. The maximum atomic E-state index is 12.7. The molecule has 0 fully saturated rings. The Balaban J connectivity index is 5.44. The topological polar surface area (TPSA) is 225 Å². The second-order valence-corrected chi connectivity index (χ2v) is 7.97. The van der Waals surface area contributed by atoms with Gasteiger partial charge in [-0.3, -0.25) is 24.0 Å². The van der Waals surface area contributed by atoms with Gasteiger partial charge < -0.3 is 37.0 Å². The molecule has 0 bridgehead atoms. The van der Waals surface area contributed by atoms with E-state index in [-0.39, 0.29) is 12.2 Å². The highest BCUT2D eigenvalue weighted by Gasteiger charge is 2.31. The Morgan fingerprint density at radius 1 is 0.844 bits per heavy atom. The molecule has 0 spiro atoms. The molecule has 0 aromatic heterocycles. The summed E-state index contributed by atoms with van der Waals surface area (Å²) in [6.45, 7) is 0. The molecule has 0 aromatic carbocycles. The summed E-state index contributed by atoms with van der Waals surface area (Å²) in [4.78, 5) is 70.3. The Kier molecular flexibility index (Phi) is 14.1. The molecule has 0 aliphatic heterocycles. The monoisotopic (exact) mass is 496 g/mol. The van der Waals surface area contributed by atoms with Crippen LogP contribution in [0.5, 0.6) is 0 Å². The molecule has 0 saturated heterocycles. The van der Waals surface area contributed by atoms with E-state index in [0.29, 0.717) is 5.75 Å². The van der Waals surface area contributed by atoms with Crippen molar-refractivity contribution in [1.82, 2.24) is 16.0 Å². The zero-order valence-corrected chi connectivity index (χ0v) is 19.0. The quantitative estimate of drug-likeness (QED) is 0.108. The number of thiol groups is 1. The molecule has 0 aromatic rings. The van der Waals surface area contributed by atoms with E-state index in [9.17, 15) is 28.8 Å². The van der Waals surface area contributed by atoms with Gasteiger partial charge in [-0.1, -0.05) is 0 Å². The van der Waals surface area contributed by atoms with Crippen LogP contribution in [0.1, 0.15) is 25.7 Å². The van der Waals surface area contributed by atoms with Gasteiger partial charge in [-0.05, 0) is 24.9 Å². The lowest BCUT2D eigenvalue weighted by Gasteiger charge is -2.24. The van der Waals surface area contributed by atoms with E-state index in [1.54, 1.807) is 6.26 Å². The van der Waals surface area contributed by atoms with Crippen molar-refractivity contribution in [3.8, 4) is 0 Å². The van der Waals surface area contributed by atoms with Gasteiger partial charge in [-0.25, -0.2) is 4.79 Å². The van der Waals surface area contributed by atoms with Crippen LogP contribution in [0.15, 0.2) is 0 Å². The lowest BCUT2D eigenvalue weighted by atomic mass is 10.1. The fourth-order valence-corrected chi connectivity index (χ4v) is 2.96. The number of hydrogen-bond acceptors (Lipinski definition) is 9. The van der Waals surface area contributed by atoms with Crippen molar-refractivity contribution >= 4 is 60.0 Å². The van der Waals surface area contributed by atoms with Gasteiger partial charge >= 0.3 is 17.9 Å². The molecule has 0 heterocycles. The van der Waals surface area contributed by atoms with Crippen LogP contribution in [-0.4, -0.2) is 92.9 Å². The first kappa shape index (κ1) is 29.5. The van der Waals surface area contributed by atoms with Crippen LogP contribution in [0, 0.1) is 0 Å². The molecule has 15 heteroatoms. The van der Waals surface area contributed by atoms with Crippen LogP contribution in [-0.2, 0) is 28.8 Å². The van der Waals surface area contributed by atoms with Crippen molar-refractivity contribution in [3.63, 3.8) is 0 Å². The molecule has 0 aliphatic rings. The fourth-order valence-electron chi connectivity index (χ4n) is 2.32. The summed E-state index contributed by atoms with van der Waals surface area (Å²) in [7, 11) is 0. The Bertz CT molecular complexity index is 708. The number of carboxylic acids is 3. The first-order valence-electron chi connectivity index (χ1n) is 9.35. The minimum Gasteiger partial charge on any atom is -0.481 e. The predicted molar refractivity (Wildman–Crippen MR) is 117 cm³/mol. The van der Waals surface area contributed by atoms with Crippen LogP contribution in [0.25, 0.3) is 0 Å². The maximum Gasteiger partial charge on any atom is 0.326 e. The lowest BCUT2D eigenvalue weighted by molar-refractivity contribution is -0.144. The summed E-state index contributed by atoms with van der Waals surface area (Å²) in [6, 6.07) is -5.40. The highest BCUT2D eigenvalue weighted by atomic mass is 32.2. The van der Waals surface area contributed by atoms with Gasteiger partial charge in [0.15, 0.2) is 0 Å². The highest BCUT2D eigenvalue weighted by Crippen LogP contribution is 2.05. The highest BCUT2D eigenvalue weighted by molar-refractivity contribution is 7.98. The Labute approximate surface area is 193 Å². The van der Waals surface area contributed by atoms with Crippen LogP contribution in [0.2, 0.25) is 0 Å². The van der Waals surface area contributed by atoms with Gasteiger partial charge in [0, 0.05) is 12.2 Å². The standard InChI is InChI=1S/C17H28N4O9S2/c1-32-5-4-9(19-14(26)8(18)7-31)15(27)21-11(6-13(24)25)16(28)20-10(17(29)30)2-3-12(22)23/h8-11,31H,2-7,18H2,1H3,(H,19,26)(H,20,28)(H,21,27)(H,22,23)(H,24,25)(H,29,30). The van der Waals surface area contributed by atoms with Crippen LogP contribution >= 0.6 is 24.4 Å². The number of rotatable bonds is 16. The van der Waals surface area contributed by atoms with Gasteiger partial charge in [0.25, 0.3) is 0 Å². The van der Waals surface area contributed by atoms with E-state index in [0.717, 1.165) is 0 Å². The molecule has 3 amide bonds. The molecule has 4 atom stereocenters. The number of aliphatic carboxylic acids is 3. The van der Waals surface area contributed by atoms with Gasteiger partial charge in [-0.2, -0.15) is 24.4 Å². The van der Waals surface area contributed by atoms with E-state index in [1.165, 1.54) is 11.8 Å². The minimum atomic E-state index is -1.67. The second-order valence-electron chi connectivity index (χ2n) is 6.62. The van der Waals surface area contributed by atoms with Crippen molar-refractivity contribution in [2.24, 2.45) is 5.73 Å². The van der Waals surface area contributed by atoms with Gasteiger partial charge in [0.2, 0.25) is 17.7 Å². The summed E-state index contributed by atoms with van der Waals surface area (Å²) < 4.78 is 0. The molecule has 0 saturated carbocycles. The number of carbonyl (C=O) groups excluding carboxylic acids is 3. The van der Waals surface area contributed by atoms with Crippen molar-refractivity contribution in [2.75, 3.05) is 17.8 Å². The first-order valence-corrected chi connectivity index (χ1v) is 11.4. The molecular weight excluding hydrogens is 468 g/mol. The van der Waals surface area contributed by atoms with Crippen molar-refractivity contribution in [2.45, 2.75) is 49.9 Å². The molecule has 8 N–H and O–H groups in total. The van der Waals surface area contributed by atoms with Gasteiger partial charge in [0.1, 0.15) is 18.1 Å². The number of amides is 3. The third-order valence-electron chi connectivity index (χ3n) is 4.05. The average molecular weight is 497 g/mol. The third-order valence-corrected chi connectivity index (χ3v) is 5.09. The minimum absolute atomic E-state index is 0.0136. The fraction of sp³-hybridized carbons (Fsp3) is 0.647. The average Bonchev–Trinajstić information content (AvgIpc) is 2.71. The Morgan fingerprint density at radius 2 is 1.38 bits per heavy atom. The Morgan fingerprint density at radius 3 is 1.84 bits per heavy atom. The summed E-state index contributed by atoms with van der Waals surface area (Å²) in [5.74, 6) is -6.46. The summed E-state index contributed by atoms with van der Waals surface area (Å²) in [6.07, 6.45) is 0.0393. The van der Waals surface area contributed by atoms with Crippen molar-refractivity contribution < 1.29 is 44.1 Å². The number of carbonyl (C=O) groups is 6. The predicted octanol–water partition coefficient (Wildman–Crippen LogP) is -2.12. The number of thioether (sulfide) groups is 1. The third kappa shape index (κ3) is 11.8. The second kappa shape index (κ2) is 15.3. The molecule has 32 heavy (non-hydrogen) atoms. The van der Waals surface area contributed by atoms with Crippen LogP contribution in [0.3, 0.4) is 0 Å². The zero-order chi connectivity index (χ0) is 24.8. The van der Waals surface area contributed by atoms with E-state index >= 15 is 0 Å². The lowest BCUT2D eigenvalue weighted by Crippen LogP contribution is -2.57. The molecule has 0 radical (unpaired) electrons. The molecule has 182 valence electrons. The smallest absolute Gasteiger partial charge is 0.326 e. The molecule has 0 aliphatic carbocycles. The van der Waals surface area contributed by atoms with Gasteiger partial charge in [-0.15, -0.1) is 0 Å². The SMILES string of the molecule is CSCCC(NC(=O)C(N)CS)C(=O)NC(CC(=O)O)C(=O)NC(CCC(=O)O)C(=O)O. The normalized spacial score (nSPS) is 14.3. The maximum absolute atomic E-state index is 12.7. The number of carboxylic acid groups (broad SMARTS) is 3. The molecule has 4 unspecified atom stereocenters. The van der Waals surface area contributed by atoms with E-state index in [1.807, 2.05) is 5.32 Å². The summed E-state index contributed by atoms with van der Waals surface area (Å²) >= 11 is 5.28. The van der Waals surface area contributed by atoms with E-state index < -0.39 is 79.1 Å². The van der Waals surface area contributed by atoms with Gasteiger partial charge in [0.05, 0.1) is 12.5 Å². The Hall–Kier alpha value is -2.52. The van der Waals surface area contributed by atoms with Crippen molar-refractivity contribution in [1.29, 1.82) is 0 Å². The number of nitrogens with two attached hydrogens (primary N) is 1. The van der Waals surface area contributed by atoms with E-state index in [2.05, 4.69) is 23.3 Å². The van der Waals surface area contributed by atoms with E-state index in [4.69, 9.17) is 21.1 Å². The number of nitrogens with one attached hydrogen (secondary N) is 3. The summed E-state index contributed by atoms with van der Waals surface area (Å²) in [5.41, 5.74) is 5.58. The summed E-state index contributed by atoms with van der Waals surface area (Å²) in [5, 5.41) is 33.6. The first-order chi connectivity index (χ1) is 14.9. The molecule has 13 nitrogen and oxygen atoms in total.